The Labute approximate surface area is 125 Å². The van der Waals surface area contributed by atoms with Gasteiger partial charge >= 0.3 is 0 Å². The molecule has 0 bridgehead atoms. The topological polar surface area (TPSA) is 84.2 Å². The predicted molar refractivity (Wildman–Crippen MR) is 84.1 cm³/mol. The number of amides is 2. The van der Waals surface area contributed by atoms with Crippen molar-refractivity contribution >= 4 is 35.6 Å². The Morgan fingerprint density at radius 1 is 1.10 bits per heavy atom. The lowest BCUT2D eigenvalue weighted by Gasteiger charge is -2.15. The van der Waals surface area contributed by atoms with E-state index in [0.29, 0.717) is 17.8 Å². The molecule has 5 nitrogen and oxygen atoms in total. The van der Waals surface area contributed by atoms with Crippen molar-refractivity contribution in [3.05, 3.63) is 24.3 Å². The molecule has 20 heavy (non-hydrogen) atoms. The van der Waals surface area contributed by atoms with Gasteiger partial charge in [0.2, 0.25) is 11.8 Å². The highest BCUT2D eigenvalue weighted by Gasteiger charge is 2.16. The van der Waals surface area contributed by atoms with Gasteiger partial charge in [0.05, 0.1) is 5.92 Å². The van der Waals surface area contributed by atoms with Gasteiger partial charge in [0.1, 0.15) is 0 Å². The highest BCUT2D eigenvalue weighted by Crippen LogP contribution is 2.15. The minimum Gasteiger partial charge on any atom is -0.327 e. The zero-order valence-electron chi connectivity index (χ0n) is 12.0. The lowest BCUT2D eigenvalue weighted by Crippen LogP contribution is -2.34. The van der Waals surface area contributed by atoms with Gasteiger partial charge in [0.15, 0.2) is 0 Å². The average Bonchev–Trinajstić information content (AvgIpc) is 2.39. The van der Waals surface area contributed by atoms with E-state index >= 15 is 0 Å². The Morgan fingerprint density at radius 2 is 1.55 bits per heavy atom. The second-order valence-corrected chi connectivity index (χ2v) is 4.62. The molecule has 0 saturated carbocycles. The number of benzene rings is 1. The van der Waals surface area contributed by atoms with Crippen LogP contribution in [0.25, 0.3) is 0 Å². The molecule has 0 aliphatic heterocycles. The van der Waals surface area contributed by atoms with E-state index in [1.807, 2.05) is 0 Å². The summed E-state index contributed by atoms with van der Waals surface area (Å²) in [4.78, 5) is 23.0. The van der Waals surface area contributed by atoms with E-state index in [-0.39, 0.29) is 36.2 Å². The van der Waals surface area contributed by atoms with Crippen molar-refractivity contribution in [3.8, 4) is 0 Å². The van der Waals surface area contributed by atoms with Crippen LogP contribution in [0.5, 0.6) is 0 Å². The van der Waals surface area contributed by atoms with E-state index in [1.54, 1.807) is 45.0 Å². The first kappa shape index (κ1) is 18.4. The maximum atomic E-state index is 11.8. The first-order valence-electron chi connectivity index (χ1n) is 6.40. The predicted octanol–water partition coefficient (Wildman–Crippen LogP) is 2.38. The molecule has 4 N–H and O–H groups in total. The second-order valence-electron chi connectivity index (χ2n) is 4.62. The van der Waals surface area contributed by atoms with Gasteiger partial charge in [0, 0.05) is 23.8 Å². The lowest BCUT2D eigenvalue weighted by molar-refractivity contribution is -0.120. The van der Waals surface area contributed by atoms with E-state index in [9.17, 15) is 9.59 Å². The van der Waals surface area contributed by atoms with Crippen molar-refractivity contribution in [3.63, 3.8) is 0 Å². The number of anilines is 2. The molecule has 2 unspecified atom stereocenters. The molecule has 0 spiro atoms. The van der Waals surface area contributed by atoms with Gasteiger partial charge in [0.25, 0.3) is 0 Å². The van der Waals surface area contributed by atoms with Crippen molar-refractivity contribution in [2.45, 2.75) is 33.2 Å². The molecule has 0 aliphatic carbocycles. The summed E-state index contributed by atoms with van der Waals surface area (Å²) in [5, 5.41) is 5.53. The van der Waals surface area contributed by atoms with Crippen molar-refractivity contribution in [2.75, 3.05) is 10.6 Å². The van der Waals surface area contributed by atoms with Crippen LogP contribution in [0.1, 0.15) is 27.2 Å². The van der Waals surface area contributed by atoms with Crippen LogP contribution in [0, 0.1) is 5.92 Å². The second kappa shape index (κ2) is 8.55. The van der Waals surface area contributed by atoms with Crippen molar-refractivity contribution in [1.82, 2.24) is 0 Å². The number of nitrogens with one attached hydrogen (secondary N) is 2. The summed E-state index contributed by atoms with van der Waals surface area (Å²) in [7, 11) is 0. The highest BCUT2D eigenvalue weighted by atomic mass is 35.5. The third kappa shape index (κ3) is 5.59. The standard InChI is InChI=1S/C14H21N3O2.ClH/c1-4-13(18)16-11-5-7-12(8-6-11)17-14(19)9(2)10(3)15;/h5-10H,4,15H2,1-3H3,(H,16,18)(H,17,19);1H. The summed E-state index contributed by atoms with van der Waals surface area (Å²) in [6.45, 7) is 5.38. The third-order valence-electron chi connectivity index (χ3n) is 2.96. The first-order chi connectivity index (χ1) is 8.93. The first-order valence-corrected chi connectivity index (χ1v) is 6.40. The summed E-state index contributed by atoms with van der Waals surface area (Å²) in [5.41, 5.74) is 7.08. The number of carbonyl (C=O) groups is 2. The molecule has 1 aromatic carbocycles. The molecule has 0 aliphatic rings. The summed E-state index contributed by atoms with van der Waals surface area (Å²) < 4.78 is 0. The van der Waals surface area contributed by atoms with Crippen LogP contribution >= 0.6 is 12.4 Å². The fraction of sp³-hybridized carbons (Fsp3) is 0.429. The van der Waals surface area contributed by atoms with Crippen LogP contribution in [-0.2, 0) is 9.59 Å². The van der Waals surface area contributed by atoms with Crippen LogP contribution in [0.4, 0.5) is 11.4 Å². The highest BCUT2D eigenvalue weighted by molar-refractivity contribution is 5.94. The van der Waals surface area contributed by atoms with Gasteiger partial charge < -0.3 is 16.4 Å². The van der Waals surface area contributed by atoms with E-state index in [4.69, 9.17) is 5.73 Å². The smallest absolute Gasteiger partial charge is 0.228 e. The molecule has 2 amide bonds. The maximum Gasteiger partial charge on any atom is 0.228 e. The Balaban J connectivity index is 0.00000361. The van der Waals surface area contributed by atoms with Gasteiger partial charge in [-0.15, -0.1) is 12.4 Å². The fourth-order valence-electron chi connectivity index (χ4n) is 1.38. The minimum absolute atomic E-state index is 0. The molecule has 0 saturated heterocycles. The van der Waals surface area contributed by atoms with E-state index in [0.717, 1.165) is 0 Å². The fourth-order valence-corrected chi connectivity index (χ4v) is 1.38. The molecule has 0 radical (unpaired) electrons. The van der Waals surface area contributed by atoms with Crippen LogP contribution < -0.4 is 16.4 Å². The molecular weight excluding hydrogens is 278 g/mol. The Kier molecular flexibility index (Phi) is 7.87. The zero-order valence-corrected chi connectivity index (χ0v) is 12.8. The zero-order chi connectivity index (χ0) is 14.4. The molecule has 0 aromatic heterocycles. The summed E-state index contributed by atoms with van der Waals surface area (Å²) in [6.07, 6.45) is 0.435. The number of halogens is 1. The number of rotatable bonds is 5. The molecule has 112 valence electrons. The van der Waals surface area contributed by atoms with E-state index in [2.05, 4.69) is 10.6 Å². The van der Waals surface area contributed by atoms with Crippen LogP contribution in [0.2, 0.25) is 0 Å². The van der Waals surface area contributed by atoms with Gasteiger partial charge in [-0.3, -0.25) is 9.59 Å². The molecule has 1 aromatic rings. The average molecular weight is 300 g/mol. The molecular formula is C14H22ClN3O2. The van der Waals surface area contributed by atoms with E-state index < -0.39 is 0 Å². The van der Waals surface area contributed by atoms with Gasteiger partial charge in [-0.1, -0.05) is 13.8 Å². The summed E-state index contributed by atoms with van der Waals surface area (Å²) >= 11 is 0. The Morgan fingerprint density at radius 3 is 1.95 bits per heavy atom. The minimum atomic E-state index is -0.250. The largest absolute Gasteiger partial charge is 0.327 e. The van der Waals surface area contributed by atoms with Crippen molar-refractivity contribution < 1.29 is 9.59 Å². The summed E-state index contributed by atoms with van der Waals surface area (Å²) in [6, 6.07) is 6.80. The SMILES string of the molecule is CCC(=O)Nc1ccc(NC(=O)C(C)C(C)N)cc1.Cl. The quantitative estimate of drug-likeness (QED) is 0.780. The molecule has 1 rings (SSSR count). The van der Waals surface area contributed by atoms with Crippen LogP contribution in [0.15, 0.2) is 24.3 Å². The molecule has 0 heterocycles. The number of carbonyl (C=O) groups excluding carboxylic acids is 2. The van der Waals surface area contributed by atoms with Crippen molar-refractivity contribution in [2.24, 2.45) is 11.7 Å². The molecule has 0 fully saturated rings. The van der Waals surface area contributed by atoms with Crippen LogP contribution in [0.3, 0.4) is 0 Å². The normalized spacial score (nSPS) is 12.8. The monoisotopic (exact) mass is 299 g/mol. The summed E-state index contributed by atoms with van der Waals surface area (Å²) in [5.74, 6) is -0.401. The number of hydrogen-bond donors (Lipinski definition) is 3. The Bertz CT molecular complexity index is 446. The number of hydrogen-bond acceptors (Lipinski definition) is 3. The molecule has 6 heteroatoms. The van der Waals surface area contributed by atoms with Gasteiger partial charge in [-0.25, -0.2) is 0 Å². The Hall–Kier alpha value is -1.59. The van der Waals surface area contributed by atoms with Crippen LogP contribution in [-0.4, -0.2) is 17.9 Å². The molecule has 2 atom stereocenters. The van der Waals surface area contributed by atoms with Crippen molar-refractivity contribution in [1.29, 1.82) is 0 Å². The number of nitrogens with two attached hydrogens (primary N) is 1. The van der Waals surface area contributed by atoms with Gasteiger partial charge in [-0.05, 0) is 31.2 Å². The van der Waals surface area contributed by atoms with E-state index in [1.165, 1.54) is 0 Å². The maximum absolute atomic E-state index is 11.8. The third-order valence-corrected chi connectivity index (χ3v) is 2.96. The van der Waals surface area contributed by atoms with Gasteiger partial charge in [-0.2, -0.15) is 0 Å². The lowest BCUT2D eigenvalue weighted by atomic mass is 10.0.